The summed E-state index contributed by atoms with van der Waals surface area (Å²) in [5.74, 6) is 1.75. The number of benzene rings is 1. The summed E-state index contributed by atoms with van der Waals surface area (Å²) in [4.78, 5) is 13.0. The molecule has 1 unspecified atom stereocenters. The summed E-state index contributed by atoms with van der Waals surface area (Å²) in [5, 5.41) is 0. The second kappa shape index (κ2) is 11.8. The number of methoxy groups -OCH3 is 5. The summed E-state index contributed by atoms with van der Waals surface area (Å²) < 4.78 is 32.4. The van der Waals surface area contributed by atoms with E-state index in [1.54, 1.807) is 31.2 Å². The van der Waals surface area contributed by atoms with Gasteiger partial charge in [-0.25, -0.2) is 0 Å². The van der Waals surface area contributed by atoms with Crippen molar-refractivity contribution >= 4 is 5.78 Å². The van der Waals surface area contributed by atoms with E-state index in [4.69, 9.17) is 28.4 Å². The molecule has 160 valence electrons. The maximum Gasteiger partial charge on any atom is 0.203 e. The van der Waals surface area contributed by atoms with E-state index in [2.05, 4.69) is 6.58 Å². The van der Waals surface area contributed by atoms with Crippen LogP contribution >= 0.6 is 0 Å². The van der Waals surface area contributed by atoms with Crippen molar-refractivity contribution in [1.82, 2.24) is 0 Å². The second-order valence-electron chi connectivity index (χ2n) is 6.14. The van der Waals surface area contributed by atoms with Crippen LogP contribution in [0.3, 0.4) is 0 Å². The van der Waals surface area contributed by atoms with Crippen molar-refractivity contribution in [2.75, 3.05) is 42.2 Å². The summed E-state index contributed by atoms with van der Waals surface area (Å²) in [5.41, 5.74) is 1.21. The summed E-state index contributed by atoms with van der Waals surface area (Å²) in [6, 6.07) is 3.17. The van der Waals surface area contributed by atoms with Crippen LogP contribution in [-0.2, 0) is 14.2 Å². The van der Waals surface area contributed by atoms with Gasteiger partial charge in [0.15, 0.2) is 29.1 Å². The van der Waals surface area contributed by atoms with E-state index in [1.165, 1.54) is 35.5 Å². The lowest BCUT2D eigenvalue weighted by Crippen LogP contribution is -2.23. The van der Waals surface area contributed by atoms with Gasteiger partial charge in [0.05, 0.1) is 28.4 Å². The third kappa shape index (κ3) is 6.57. The quantitative estimate of drug-likeness (QED) is 0.296. The number of hydrogen-bond acceptors (Lipinski definition) is 7. The summed E-state index contributed by atoms with van der Waals surface area (Å²) in [6.07, 6.45) is 2.68. The number of hydrogen-bond donors (Lipinski definition) is 0. The smallest absolute Gasteiger partial charge is 0.203 e. The van der Waals surface area contributed by atoms with Gasteiger partial charge >= 0.3 is 0 Å². The van der Waals surface area contributed by atoms with Gasteiger partial charge in [-0.3, -0.25) is 4.79 Å². The lowest BCUT2D eigenvalue weighted by molar-refractivity contribution is 0.0532. The topological polar surface area (TPSA) is 72.5 Å². The Labute approximate surface area is 172 Å². The van der Waals surface area contributed by atoms with Crippen molar-refractivity contribution < 1.29 is 33.2 Å². The fourth-order valence-corrected chi connectivity index (χ4v) is 2.51. The van der Waals surface area contributed by atoms with E-state index in [-0.39, 0.29) is 12.4 Å². The zero-order chi connectivity index (χ0) is 22.0. The molecule has 0 aliphatic carbocycles. The van der Waals surface area contributed by atoms with E-state index in [1.807, 2.05) is 6.92 Å². The van der Waals surface area contributed by atoms with Crippen LogP contribution < -0.4 is 14.2 Å². The van der Waals surface area contributed by atoms with Crippen LogP contribution in [0.15, 0.2) is 48.0 Å². The number of Topliss-reactive ketones (excluding diaryl/α,β-unsaturated/α-hetero) is 1. The second-order valence-corrected chi connectivity index (χ2v) is 6.14. The molecule has 7 heteroatoms. The average molecular weight is 406 g/mol. The van der Waals surface area contributed by atoms with Crippen LogP contribution in [0, 0.1) is 0 Å². The average Bonchev–Trinajstić information content (AvgIpc) is 2.72. The Bertz CT molecular complexity index is 752. The zero-order valence-electron chi connectivity index (χ0n) is 18.2. The highest BCUT2D eigenvalue weighted by Gasteiger charge is 2.23. The molecule has 1 rings (SSSR count). The zero-order valence-corrected chi connectivity index (χ0v) is 18.2. The SMILES string of the molecule is C=C(C)C=CC(OC)=C(COC)OC(C)C(=O)c1cc(OC)c(OC)c(OC)c1. The monoisotopic (exact) mass is 406 g/mol. The number of carbonyl (C=O) groups excluding carboxylic acids is 1. The molecule has 0 aromatic heterocycles. The molecule has 0 spiro atoms. The molecule has 0 aliphatic heterocycles. The maximum atomic E-state index is 13.0. The van der Waals surface area contributed by atoms with Gasteiger partial charge in [0.1, 0.15) is 6.61 Å². The standard InChI is InChI=1S/C22H30O7/c1-14(2)9-10-17(25-5)20(13-24-4)29-15(3)21(23)16-11-18(26-6)22(28-8)19(12-16)27-7/h9-12,15H,1,13H2,2-8H3. The molecule has 1 aromatic rings. The van der Waals surface area contributed by atoms with Crippen LogP contribution in [0.2, 0.25) is 0 Å². The molecule has 1 atom stereocenters. The number of rotatable bonds is 12. The molecule has 0 saturated carbocycles. The Morgan fingerprint density at radius 1 is 1.03 bits per heavy atom. The van der Waals surface area contributed by atoms with Gasteiger partial charge in [-0.05, 0) is 32.1 Å². The van der Waals surface area contributed by atoms with Crippen LogP contribution in [0.25, 0.3) is 0 Å². The molecule has 0 N–H and O–H groups in total. The third-order valence-electron chi connectivity index (χ3n) is 3.93. The molecular formula is C22H30O7. The highest BCUT2D eigenvalue weighted by Crippen LogP contribution is 2.38. The van der Waals surface area contributed by atoms with Crippen LogP contribution in [0.5, 0.6) is 17.2 Å². The first-order valence-corrected chi connectivity index (χ1v) is 8.93. The Kier molecular flexibility index (Phi) is 9.82. The van der Waals surface area contributed by atoms with Gasteiger partial charge < -0.3 is 28.4 Å². The van der Waals surface area contributed by atoms with Gasteiger partial charge in [0.25, 0.3) is 0 Å². The van der Waals surface area contributed by atoms with Gasteiger partial charge in [0.2, 0.25) is 11.5 Å². The van der Waals surface area contributed by atoms with Gasteiger partial charge in [-0.15, -0.1) is 0 Å². The van der Waals surface area contributed by atoms with E-state index in [0.717, 1.165) is 5.57 Å². The molecule has 0 amide bonds. The van der Waals surface area contributed by atoms with Crippen molar-refractivity contribution in [3.05, 3.63) is 53.5 Å². The number of allylic oxidation sites excluding steroid dienone is 3. The van der Waals surface area contributed by atoms with Crippen LogP contribution in [-0.4, -0.2) is 54.0 Å². The predicted molar refractivity (Wildman–Crippen MR) is 111 cm³/mol. The minimum atomic E-state index is -0.814. The van der Waals surface area contributed by atoms with E-state index < -0.39 is 6.10 Å². The van der Waals surface area contributed by atoms with Crippen molar-refractivity contribution in [2.24, 2.45) is 0 Å². The Morgan fingerprint density at radius 3 is 2.03 bits per heavy atom. The highest BCUT2D eigenvalue weighted by molar-refractivity contribution is 6.00. The van der Waals surface area contributed by atoms with Crippen molar-refractivity contribution in [3.63, 3.8) is 0 Å². The molecular weight excluding hydrogens is 376 g/mol. The number of ether oxygens (including phenoxy) is 6. The molecule has 29 heavy (non-hydrogen) atoms. The molecule has 0 fully saturated rings. The lowest BCUT2D eigenvalue weighted by Gasteiger charge is -2.19. The van der Waals surface area contributed by atoms with E-state index in [9.17, 15) is 4.79 Å². The normalized spacial score (nSPS) is 12.8. The first-order valence-electron chi connectivity index (χ1n) is 8.93. The Morgan fingerprint density at radius 2 is 1.62 bits per heavy atom. The van der Waals surface area contributed by atoms with Gasteiger partial charge in [-0.2, -0.15) is 0 Å². The number of carbonyl (C=O) groups is 1. The van der Waals surface area contributed by atoms with Crippen LogP contribution in [0.1, 0.15) is 24.2 Å². The fraction of sp³-hybridized carbons (Fsp3) is 0.409. The van der Waals surface area contributed by atoms with E-state index in [0.29, 0.717) is 34.3 Å². The van der Waals surface area contributed by atoms with E-state index >= 15 is 0 Å². The molecule has 7 nitrogen and oxygen atoms in total. The molecule has 0 heterocycles. The molecule has 1 aromatic carbocycles. The largest absolute Gasteiger partial charge is 0.493 e. The van der Waals surface area contributed by atoms with Gasteiger partial charge in [-0.1, -0.05) is 18.2 Å². The van der Waals surface area contributed by atoms with Crippen LogP contribution in [0.4, 0.5) is 0 Å². The van der Waals surface area contributed by atoms with Crippen molar-refractivity contribution in [1.29, 1.82) is 0 Å². The lowest BCUT2D eigenvalue weighted by atomic mass is 10.1. The van der Waals surface area contributed by atoms with Gasteiger partial charge in [0, 0.05) is 12.7 Å². The minimum absolute atomic E-state index is 0.135. The molecule has 0 radical (unpaired) electrons. The fourth-order valence-electron chi connectivity index (χ4n) is 2.51. The number of ketones is 1. The maximum absolute atomic E-state index is 13.0. The predicted octanol–water partition coefficient (Wildman–Crippen LogP) is 3.94. The van der Waals surface area contributed by atoms with Crippen molar-refractivity contribution in [3.8, 4) is 17.2 Å². The summed E-state index contributed by atoms with van der Waals surface area (Å²) in [7, 11) is 7.53. The molecule has 0 saturated heterocycles. The third-order valence-corrected chi connectivity index (χ3v) is 3.93. The first kappa shape index (κ1) is 24.1. The Balaban J connectivity index is 3.23. The van der Waals surface area contributed by atoms with Crippen molar-refractivity contribution in [2.45, 2.75) is 20.0 Å². The minimum Gasteiger partial charge on any atom is -0.493 e. The summed E-state index contributed by atoms with van der Waals surface area (Å²) in [6.45, 7) is 7.46. The summed E-state index contributed by atoms with van der Waals surface area (Å²) >= 11 is 0. The Hall–Kier alpha value is -2.93. The highest BCUT2D eigenvalue weighted by atomic mass is 16.5. The molecule has 0 aliphatic rings. The first-order chi connectivity index (χ1) is 13.8. The molecule has 0 bridgehead atoms.